The zero-order chi connectivity index (χ0) is 15.9. The summed E-state index contributed by atoms with van der Waals surface area (Å²) in [6.07, 6.45) is 3.64. The number of hydrogen-bond donors (Lipinski definition) is 1. The second kappa shape index (κ2) is 8.92. The molecule has 0 amide bonds. The van der Waals surface area contributed by atoms with Gasteiger partial charge in [0.25, 0.3) is 0 Å². The quantitative estimate of drug-likeness (QED) is 0.734. The third kappa shape index (κ3) is 6.94. The SMILES string of the molecule is CN(CCCC(CCN)C(C)(C)C)Cc1ccccc1Br. The Morgan fingerprint density at radius 2 is 1.86 bits per heavy atom. The van der Waals surface area contributed by atoms with Crippen molar-refractivity contribution in [1.29, 1.82) is 0 Å². The van der Waals surface area contributed by atoms with Crippen molar-refractivity contribution in [3.63, 3.8) is 0 Å². The summed E-state index contributed by atoms with van der Waals surface area (Å²) in [6, 6.07) is 8.46. The normalized spacial score (nSPS) is 13.7. The highest BCUT2D eigenvalue weighted by Gasteiger charge is 2.23. The summed E-state index contributed by atoms with van der Waals surface area (Å²) in [7, 11) is 2.20. The van der Waals surface area contributed by atoms with Gasteiger partial charge in [-0.15, -0.1) is 0 Å². The average Bonchev–Trinajstić information content (AvgIpc) is 2.39. The van der Waals surface area contributed by atoms with Crippen LogP contribution in [0, 0.1) is 11.3 Å². The molecule has 1 unspecified atom stereocenters. The maximum atomic E-state index is 5.76. The van der Waals surface area contributed by atoms with Crippen LogP contribution in [0.4, 0.5) is 0 Å². The van der Waals surface area contributed by atoms with Crippen molar-refractivity contribution in [3.8, 4) is 0 Å². The first-order valence-corrected chi connectivity index (χ1v) is 8.76. The molecule has 0 saturated carbocycles. The first-order chi connectivity index (χ1) is 9.84. The van der Waals surface area contributed by atoms with Gasteiger partial charge >= 0.3 is 0 Å². The molecular formula is C18H31BrN2. The van der Waals surface area contributed by atoms with Gasteiger partial charge in [0.1, 0.15) is 0 Å². The van der Waals surface area contributed by atoms with Crippen LogP contribution < -0.4 is 5.73 Å². The van der Waals surface area contributed by atoms with Crippen LogP contribution in [0.2, 0.25) is 0 Å². The molecule has 2 N–H and O–H groups in total. The van der Waals surface area contributed by atoms with Gasteiger partial charge in [0.2, 0.25) is 0 Å². The van der Waals surface area contributed by atoms with Crippen LogP contribution in [0.3, 0.4) is 0 Å². The summed E-state index contributed by atoms with van der Waals surface area (Å²) in [5, 5.41) is 0. The van der Waals surface area contributed by atoms with E-state index in [1.54, 1.807) is 0 Å². The van der Waals surface area contributed by atoms with E-state index in [0.717, 1.165) is 32.0 Å². The van der Waals surface area contributed by atoms with E-state index in [4.69, 9.17) is 5.73 Å². The molecule has 0 fully saturated rings. The van der Waals surface area contributed by atoms with E-state index in [-0.39, 0.29) is 0 Å². The fourth-order valence-corrected chi connectivity index (χ4v) is 3.23. The average molecular weight is 355 g/mol. The topological polar surface area (TPSA) is 29.3 Å². The molecule has 0 aliphatic carbocycles. The fraction of sp³-hybridized carbons (Fsp3) is 0.667. The third-order valence-corrected chi connectivity index (χ3v) is 5.00. The highest BCUT2D eigenvalue weighted by Crippen LogP contribution is 2.32. The van der Waals surface area contributed by atoms with Gasteiger partial charge in [-0.2, -0.15) is 0 Å². The molecule has 0 aliphatic heterocycles. The van der Waals surface area contributed by atoms with Gasteiger partial charge in [0.15, 0.2) is 0 Å². The first kappa shape index (κ1) is 18.7. The molecule has 1 atom stereocenters. The van der Waals surface area contributed by atoms with E-state index in [2.05, 4.69) is 72.9 Å². The molecule has 0 radical (unpaired) electrons. The summed E-state index contributed by atoms with van der Waals surface area (Å²) >= 11 is 3.62. The summed E-state index contributed by atoms with van der Waals surface area (Å²) in [5.41, 5.74) is 7.48. The molecule has 1 aromatic carbocycles. The maximum absolute atomic E-state index is 5.76. The number of nitrogens with two attached hydrogens (primary N) is 1. The highest BCUT2D eigenvalue weighted by atomic mass is 79.9. The molecule has 1 rings (SSSR count). The zero-order valence-electron chi connectivity index (χ0n) is 14.0. The second-order valence-corrected chi connectivity index (χ2v) is 7.97. The Morgan fingerprint density at radius 3 is 2.43 bits per heavy atom. The number of halogens is 1. The lowest BCUT2D eigenvalue weighted by Crippen LogP contribution is -2.25. The van der Waals surface area contributed by atoms with Crippen molar-refractivity contribution in [1.82, 2.24) is 4.90 Å². The minimum absolute atomic E-state index is 0.362. The second-order valence-electron chi connectivity index (χ2n) is 7.11. The molecule has 0 bridgehead atoms. The molecule has 120 valence electrons. The third-order valence-electron chi connectivity index (χ3n) is 4.23. The van der Waals surface area contributed by atoms with Crippen LogP contribution in [0.1, 0.15) is 45.6 Å². The van der Waals surface area contributed by atoms with Crippen molar-refractivity contribution in [2.24, 2.45) is 17.1 Å². The minimum Gasteiger partial charge on any atom is -0.330 e. The van der Waals surface area contributed by atoms with Gasteiger partial charge in [0.05, 0.1) is 0 Å². The molecule has 2 nitrogen and oxygen atoms in total. The van der Waals surface area contributed by atoms with E-state index in [0.29, 0.717) is 5.41 Å². The van der Waals surface area contributed by atoms with Gasteiger partial charge in [-0.1, -0.05) is 54.9 Å². The predicted molar refractivity (Wildman–Crippen MR) is 96.3 cm³/mol. The first-order valence-electron chi connectivity index (χ1n) is 7.96. The number of nitrogens with zero attached hydrogens (tertiary/aromatic N) is 1. The molecular weight excluding hydrogens is 324 g/mol. The Kier molecular flexibility index (Phi) is 7.93. The fourth-order valence-electron chi connectivity index (χ4n) is 2.82. The van der Waals surface area contributed by atoms with Crippen LogP contribution in [-0.2, 0) is 6.54 Å². The summed E-state index contributed by atoms with van der Waals surface area (Å²) in [5.74, 6) is 0.722. The van der Waals surface area contributed by atoms with Gasteiger partial charge in [0, 0.05) is 11.0 Å². The smallest absolute Gasteiger partial charge is 0.0241 e. The maximum Gasteiger partial charge on any atom is 0.0241 e. The van der Waals surface area contributed by atoms with Gasteiger partial charge < -0.3 is 10.6 Å². The molecule has 0 aromatic heterocycles. The summed E-state index contributed by atoms with van der Waals surface area (Å²) in [4.78, 5) is 2.41. The minimum atomic E-state index is 0.362. The molecule has 0 heterocycles. The molecule has 1 aromatic rings. The van der Waals surface area contributed by atoms with E-state index < -0.39 is 0 Å². The molecule has 0 aliphatic rings. The number of hydrogen-bond acceptors (Lipinski definition) is 2. The Bertz CT molecular complexity index is 412. The zero-order valence-corrected chi connectivity index (χ0v) is 15.6. The predicted octanol–water partition coefficient (Wildman–Crippen LogP) is 4.67. The van der Waals surface area contributed by atoms with E-state index >= 15 is 0 Å². The van der Waals surface area contributed by atoms with Gasteiger partial charge in [-0.05, 0) is 62.4 Å². The number of rotatable bonds is 8. The number of benzene rings is 1. The summed E-state index contributed by atoms with van der Waals surface area (Å²) < 4.78 is 1.20. The Morgan fingerprint density at radius 1 is 1.19 bits per heavy atom. The lowest BCUT2D eigenvalue weighted by atomic mass is 9.76. The van der Waals surface area contributed by atoms with Crippen molar-refractivity contribution < 1.29 is 0 Å². The molecule has 0 saturated heterocycles. The molecule has 0 spiro atoms. The Balaban J connectivity index is 2.39. The highest BCUT2D eigenvalue weighted by molar-refractivity contribution is 9.10. The Labute approximate surface area is 139 Å². The van der Waals surface area contributed by atoms with Gasteiger partial charge in [-0.3, -0.25) is 0 Å². The lowest BCUT2D eigenvalue weighted by Gasteiger charge is -2.31. The van der Waals surface area contributed by atoms with E-state index in [1.165, 1.54) is 22.9 Å². The monoisotopic (exact) mass is 354 g/mol. The summed E-state index contributed by atoms with van der Waals surface area (Å²) in [6.45, 7) is 9.93. The Hall–Kier alpha value is -0.380. The van der Waals surface area contributed by atoms with Crippen LogP contribution >= 0.6 is 15.9 Å². The molecule has 3 heteroatoms. The standard InChI is InChI=1S/C18H31BrN2/c1-18(2,3)16(11-12-20)9-7-13-21(4)14-15-8-5-6-10-17(15)19/h5-6,8,10,16H,7,9,11-14,20H2,1-4H3. The van der Waals surface area contributed by atoms with Crippen LogP contribution in [0.25, 0.3) is 0 Å². The van der Waals surface area contributed by atoms with Crippen LogP contribution in [-0.4, -0.2) is 25.0 Å². The van der Waals surface area contributed by atoms with E-state index in [1.807, 2.05) is 0 Å². The molecule has 21 heavy (non-hydrogen) atoms. The van der Waals surface area contributed by atoms with Crippen molar-refractivity contribution in [2.75, 3.05) is 20.1 Å². The van der Waals surface area contributed by atoms with Crippen molar-refractivity contribution >= 4 is 15.9 Å². The van der Waals surface area contributed by atoms with Crippen molar-refractivity contribution in [3.05, 3.63) is 34.3 Å². The van der Waals surface area contributed by atoms with Crippen molar-refractivity contribution in [2.45, 2.75) is 46.6 Å². The van der Waals surface area contributed by atoms with Crippen LogP contribution in [0.5, 0.6) is 0 Å². The lowest BCUT2D eigenvalue weighted by molar-refractivity contribution is 0.199. The largest absolute Gasteiger partial charge is 0.330 e. The van der Waals surface area contributed by atoms with Gasteiger partial charge in [-0.25, -0.2) is 0 Å². The van der Waals surface area contributed by atoms with Crippen LogP contribution in [0.15, 0.2) is 28.7 Å². The van der Waals surface area contributed by atoms with E-state index in [9.17, 15) is 0 Å².